The first kappa shape index (κ1) is 26.1. The molecule has 1 heterocycles. The van der Waals surface area contributed by atoms with Gasteiger partial charge in [0.15, 0.2) is 0 Å². The molecule has 1 aliphatic heterocycles. The van der Waals surface area contributed by atoms with Gasteiger partial charge < -0.3 is 10.4 Å². The lowest BCUT2D eigenvalue weighted by Gasteiger charge is -2.13. The molecule has 3 aromatic rings. The summed E-state index contributed by atoms with van der Waals surface area (Å²) in [6, 6.07) is 20.0. The van der Waals surface area contributed by atoms with Crippen molar-refractivity contribution < 1.29 is 23.1 Å². The maximum Gasteiger partial charge on any atom is 0.290 e. The Morgan fingerprint density at radius 3 is 2.44 bits per heavy atom. The molecule has 0 aliphatic carbocycles. The van der Waals surface area contributed by atoms with Crippen molar-refractivity contribution in [3.8, 4) is 0 Å². The number of sulfone groups is 1. The molecule has 36 heavy (non-hydrogen) atoms. The Kier molecular flexibility index (Phi) is 8.28. The Bertz CT molecular complexity index is 1420. The van der Waals surface area contributed by atoms with Crippen molar-refractivity contribution in [1.82, 2.24) is 10.6 Å². The van der Waals surface area contributed by atoms with E-state index in [9.17, 15) is 23.1 Å². The molecular weight excluding hydrogens is 520 g/mol. The molecule has 0 bridgehead atoms. The predicted molar refractivity (Wildman–Crippen MR) is 140 cm³/mol. The summed E-state index contributed by atoms with van der Waals surface area (Å²) in [5.41, 5.74) is 2.20. The molecule has 3 aromatic carbocycles. The number of carbonyl (C=O) groups excluding carboxylic acids is 2. The zero-order valence-electron chi connectivity index (χ0n) is 19.0. The normalized spacial score (nSPS) is 15.8. The summed E-state index contributed by atoms with van der Waals surface area (Å²) in [5, 5.41) is 15.8. The Morgan fingerprint density at radius 1 is 1.00 bits per heavy atom. The molecule has 3 N–H and O–H groups in total. The van der Waals surface area contributed by atoms with Crippen molar-refractivity contribution in [2.24, 2.45) is 0 Å². The number of hydrogen-bond acceptors (Lipinski definition) is 7. The highest BCUT2D eigenvalue weighted by Crippen LogP contribution is 2.27. The third-order valence-corrected chi connectivity index (χ3v) is 8.32. The lowest BCUT2D eigenvalue weighted by Crippen LogP contribution is -2.23. The molecule has 1 aliphatic rings. The van der Waals surface area contributed by atoms with Gasteiger partial charge >= 0.3 is 0 Å². The number of nitrogens with one attached hydrogen (secondary N) is 2. The van der Waals surface area contributed by atoms with Crippen LogP contribution in [0.2, 0.25) is 5.02 Å². The first-order valence-electron chi connectivity index (χ1n) is 11.1. The highest BCUT2D eigenvalue weighted by Gasteiger charge is 2.25. The summed E-state index contributed by atoms with van der Waals surface area (Å²) in [6.45, 7) is 0.974. The number of amides is 2. The molecule has 0 spiro atoms. The number of carbonyl (C=O) groups is 2. The zero-order valence-corrected chi connectivity index (χ0v) is 21.4. The maximum absolute atomic E-state index is 13.1. The first-order chi connectivity index (χ1) is 17.2. The molecule has 0 saturated carbocycles. The van der Waals surface area contributed by atoms with E-state index in [0.717, 1.165) is 22.9 Å². The summed E-state index contributed by atoms with van der Waals surface area (Å²) in [5.74, 6) is -0.498. The van der Waals surface area contributed by atoms with Crippen LogP contribution in [0.15, 0.2) is 87.5 Å². The molecule has 0 aromatic heterocycles. The minimum atomic E-state index is -3.77. The average molecular weight is 543 g/mol. The van der Waals surface area contributed by atoms with Gasteiger partial charge in [0.05, 0.1) is 20.8 Å². The van der Waals surface area contributed by atoms with Crippen molar-refractivity contribution in [2.45, 2.75) is 22.3 Å². The summed E-state index contributed by atoms with van der Waals surface area (Å²) in [7, 11) is -3.77. The molecule has 1 atom stereocenters. The second-order valence-corrected chi connectivity index (χ2v) is 11.5. The topological polar surface area (TPSA) is 113 Å². The minimum Gasteiger partial charge on any atom is -0.387 e. The average Bonchev–Trinajstić information content (AvgIpc) is 3.18. The highest BCUT2D eigenvalue weighted by molar-refractivity contribution is 8.18. The summed E-state index contributed by atoms with van der Waals surface area (Å²) in [6.07, 6.45) is 1.47. The number of hydrogen-bond donors (Lipinski definition) is 3. The van der Waals surface area contributed by atoms with E-state index in [-0.39, 0.29) is 14.7 Å². The van der Waals surface area contributed by atoms with E-state index in [1.54, 1.807) is 54.6 Å². The van der Waals surface area contributed by atoms with Crippen LogP contribution in [0, 0.1) is 0 Å². The van der Waals surface area contributed by atoms with Crippen LogP contribution in [0.25, 0.3) is 6.08 Å². The lowest BCUT2D eigenvalue weighted by atomic mass is 10.1. The fraction of sp³-hybridized carbons (Fsp3) is 0.154. The molecular formula is C26H23ClN2O5S2. The van der Waals surface area contributed by atoms with Gasteiger partial charge in [-0.1, -0.05) is 48.0 Å². The van der Waals surface area contributed by atoms with Crippen molar-refractivity contribution in [2.75, 3.05) is 13.1 Å². The van der Waals surface area contributed by atoms with Crippen LogP contribution >= 0.6 is 23.4 Å². The summed E-state index contributed by atoms with van der Waals surface area (Å²) < 4.78 is 26.3. The molecule has 10 heteroatoms. The van der Waals surface area contributed by atoms with Crippen LogP contribution in [0.1, 0.15) is 22.8 Å². The van der Waals surface area contributed by atoms with Crippen molar-refractivity contribution in [1.29, 1.82) is 0 Å². The number of imide groups is 1. The zero-order chi connectivity index (χ0) is 25.7. The lowest BCUT2D eigenvalue weighted by molar-refractivity contribution is -0.115. The van der Waals surface area contributed by atoms with E-state index >= 15 is 0 Å². The molecule has 0 unspecified atom stereocenters. The summed E-state index contributed by atoms with van der Waals surface area (Å²) >= 11 is 6.74. The number of benzene rings is 3. The molecule has 2 amide bonds. The third-order valence-electron chi connectivity index (χ3n) is 5.50. The molecule has 186 valence electrons. The summed E-state index contributed by atoms with van der Waals surface area (Å²) in [4.78, 5) is 23.6. The number of aliphatic hydroxyl groups is 1. The van der Waals surface area contributed by atoms with Crippen LogP contribution in [0.5, 0.6) is 0 Å². The highest BCUT2D eigenvalue weighted by atomic mass is 35.5. The second kappa shape index (κ2) is 11.4. The fourth-order valence-corrected chi connectivity index (χ4v) is 5.81. The monoisotopic (exact) mass is 542 g/mol. The predicted octanol–water partition coefficient (Wildman–Crippen LogP) is 4.36. The van der Waals surface area contributed by atoms with Gasteiger partial charge in [-0.2, -0.15) is 0 Å². The van der Waals surface area contributed by atoms with E-state index in [1.807, 2.05) is 6.07 Å². The van der Waals surface area contributed by atoms with E-state index in [4.69, 9.17) is 11.6 Å². The van der Waals surface area contributed by atoms with Crippen LogP contribution in [-0.4, -0.2) is 37.8 Å². The number of rotatable bonds is 9. The van der Waals surface area contributed by atoms with E-state index < -0.39 is 27.1 Å². The molecule has 1 fully saturated rings. The number of halogens is 1. The largest absolute Gasteiger partial charge is 0.387 e. The van der Waals surface area contributed by atoms with Gasteiger partial charge in [-0.25, -0.2) is 8.42 Å². The van der Waals surface area contributed by atoms with Crippen molar-refractivity contribution >= 4 is 50.4 Å². The van der Waals surface area contributed by atoms with Crippen molar-refractivity contribution in [3.05, 3.63) is 99.4 Å². The van der Waals surface area contributed by atoms with Crippen LogP contribution in [-0.2, 0) is 21.1 Å². The first-order valence-corrected chi connectivity index (χ1v) is 13.7. The van der Waals surface area contributed by atoms with Crippen LogP contribution < -0.4 is 10.6 Å². The molecule has 1 saturated heterocycles. The van der Waals surface area contributed by atoms with E-state index in [0.29, 0.717) is 30.1 Å². The SMILES string of the molecule is O=C1NC(=O)/C(=C/c2cccc(S(=O)(=O)c3ccc(CCNC[C@H](O)c4cccc(Cl)c4)cc3)c2)S1. The molecule has 0 radical (unpaired) electrons. The number of aliphatic hydroxyl groups excluding tert-OH is 1. The third kappa shape index (κ3) is 6.43. The Morgan fingerprint density at radius 2 is 1.75 bits per heavy atom. The fourth-order valence-electron chi connectivity index (χ4n) is 3.62. The van der Waals surface area contributed by atoms with Gasteiger partial charge in [0, 0.05) is 11.6 Å². The van der Waals surface area contributed by atoms with Gasteiger partial charge in [0.1, 0.15) is 0 Å². The Hall–Kier alpha value is -2.95. The maximum atomic E-state index is 13.1. The van der Waals surface area contributed by atoms with Crippen molar-refractivity contribution in [3.63, 3.8) is 0 Å². The smallest absolute Gasteiger partial charge is 0.290 e. The van der Waals surface area contributed by atoms with Gasteiger partial charge in [0.25, 0.3) is 11.1 Å². The quantitative estimate of drug-likeness (QED) is 0.272. The minimum absolute atomic E-state index is 0.0935. The van der Waals surface area contributed by atoms with Gasteiger partial charge in [0.2, 0.25) is 9.84 Å². The van der Waals surface area contributed by atoms with Crippen LogP contribution in [0.4, 0.5) is 4.79 Å². The Labute approximate surface area is 218 Å². The second-order valence-electron chi connectivity index (χ2n) is 8.10. The number of thioether (sulfide) groups is 1. The van der Waals surface area contributed by atoms with Gasteiger partial charge in [-0.15, -0.1) is 0 Å². The molecule has 4 rings (SSSR count). The van der Waals surface area contributed by atoms with Gasteiger partial charge in [-0.3, -0.25) is 14.9 Å². The Balaban J connectivity index is 1.36. The standard InChI is InChI=1S/C26H23ClN2O5S2/c27-20-5-2-4-19(15-20)23(30)16-28-12-11-17-7-9-21(10-8-17)36(33,34)22-6-1-3-18(13-22)14-24-25(31)29-26(32)35-24/h1-10,13-15,23,28,30H,11-12,16H2,(H,29,31,32)/b24-14-/t23-/m0/s1. The molecule has 7 nitrogen and oxygen atoms in total. The van der Waals surface area contributed by atoms with E-state index in [1.165, 1.54) is 18.2 Å². The van der Waals surface area contributed by atoms with Crippen LogP contribution in [0.3, 0.4) is 0 Å². The van der Waals surface area contributed by atoms with E-state index in [2.05, 4.69) is 10.6 Å². The van der Waals surface area contributed by atoms with Gasteiger partial charge in [-0.05, 0) is 83.9 Å².